The quantitative estimate of drug-likeness (QED) is 0.818. The predicted octanol–water partition coefficient (Wildman–Crippen LogP) is 2.76. The zero-order chi connectivity index (χ0) is 11.8. The van der Waals surface area contributed by atoms with E-state index in [0.717, 1.165) is 23.9 Å². The van der Waals surface area contributed by atoms with Gasteiger partial charge in [-0.2, -0.15) is 0 Å². The first kappa shape index (κ1) is 10.8. The second-order valence-electron chi connectivity index (χ2n) is 5.18. The van der Waals surface area contributed by atoms with Gasteiger partial charge in [-0.05, 0) is 43.4 Å². The molecule has 2 aromatic rings. The van der Waals surface area contributed by atoms with Crippen molar-refractivity contribution in [1.82, 2.24) is 9.55 Å². The Morgan fingerprint density at radius 1 is 1.35 bits per heavy atom. The highest BCUT2D eigenvalue weighted by atomic mass is 16.3. The number of fused-ring (bicyclic) bond motifs is 1. The molecule has 1 aliphatic rings. The van der Waals surface area contributed by atoms with Crippen LogP contribution in [0.15, 0.2) is 30.6 Å². The Balaban J connectivity index is 1.98. The van der Waals surface area contributed by atoms with Gasteiger partial charge in [0.2, 0.25) is 0 Å². The van der Waals surface area contributed by atoms with Gasteiger partial charge in [0.25, 0.3) is 0 Å². The number of aliphatic hydroxyl groups excluding tert-OH is 1. The van der Waals surface area contributed by atoms with E-state index in [-0.39, 0.29) is 12.1 Å². The summed E-state index contributed by atoms with van der Waals surface area (Å²) in [5.41, 5.74) is 2.14. The summed E-state index contributed by atoms with van der Waals surface area (Å²) in [6.45, 7) is 2.22. The Kier molecular flexibility index (Phi) is 2.63. The summed E-state index contributed by atoms with van der Waals surface area (Å²) in [5.74, 6) is 0.640. The molecule has 90 valence electrons. The van der Waals surface area contributed by atoms with Gasteiger partial charge in [-0.15, -0.1) is 0 Å². The van der Waals surface area contributed by atoms with Crippen molar-refractivity contribution in [3.8, 4) is 0 Å². The van der Waals surface area contributed by atoms with Gasteiger partial charge in [0.05, 0.1) is 23.2 Å². The summed E-state index contributed by atoms with van der Waals surface area (Å²) < 4.78 is 2.19. The number of hydrogen-bond acceptors (Lipinski definition) is 2. The number of nitrogens with zero attached hydrogens (tertiary/aromatic N) is 2. The largest absolute Gasteiger partial charge is 0.391 e. The smallest absolute Gasteiger partial charge is 0.0881 e. The molecule has 0 aliphatic heterocycles. The van der Waals surface area contributed by atoms with Crippen molar-refractivity contribution in [3.05, 3.63) is 30.6 Å². The van der Waals surface area contributed by atoms with E-state index in [4.69, 9.17) is 0 Å². The third-order valence-electron chi connectivity index (χ3n) is 3.89. The summed E-state index contributed by atoms with van der Waals surface area (Å²) in [4.78, 5) is 4.33. The molecule has 3 heteroatoms. The molecule has 2 aromatic heterocycles. The molecule has 3 nitrogen and oxygen atoms in total. The monoisotopic (exact) mass is 230 g/mol. The minimum absolute atomic E-state index is 0.216. The fraction of sp³-hybridized carbons (Fsp3) is 0.500. The zero-order valence-electron chi connectivity index (χ0n) is 10.1. The summed E-state index contributed by atoms with van der Waals surface area (Å²) in [5, 5.41) is 10.2. The average Bonchev–Trinajstić information content (AvgIpc) is 2.73. The first-order valence-electron chi connectivity index (χ1n) is 6.35. The lowest BCUT2D eigenvalue weighted by Crippen LogP contribution is -2.30. The topological polar surface area (TPSA) is 38.0 Å². The molecule has 0 amide bonds. The number of aliphatic hydroxyl groups is 1. The van der Waals surface area contributed by atoms with E-state index in [1.54, 1.807) is 0 Å². The molecule has 1 N–H and O–H groups in total. The molecule has 0 unspecified atom stereocenters. The van der Waals surface area contributed by atoms with Crippen LogP contribution in [0.5, 0.6) is 0 Å². The first-order chi connectivity index (χ1) is 8.25. The molecule has 1 aliphatic carbocycles. The molecule has 3 atom stereocenters. The maximum Gasteiger partial charge on any atom is 0.0881 e. The van der Waals surface area contributed by atoms with Gasteiger partial charge < -0.3 is 9.67 Å². The molecule has 1 saturated carbocycles. The normalized spacial score (nSPS) is 29.6. The van der Waals surface area contributed by atoms with Gasteiger partial charge in [0, 0.05) is 12.4 Å². The zero-order valence-corrected chi connectivity index (χ0v) is 10.1. The molecular weight excluding hydrogens is 212 g/mol. The lowest BCUT2D eigenvalue weighted by molar-refractivity contribution is 0.0566. The van der Waals surface area contributed by atoms with Gasteiger partial charge in [-0.1, -0.05) is 6.92 Å². The second kappa shape index (κ2) is 4.15. The number of hydrogen-bond donors (Lipinski definition) is 1. The number of aromatic nitrogens is 2. The lowest BCUT2D eigenvalue weighted by Gasteiger charge is -2.33. The van der Waals surface area contributed by atoms with E-state index in [1.807, 2.05) is 18.3 Å². The second-order valence-corrected chi connectivity index (χ2v) is 5.18. The molecule has 0 bridgehead atoms. The van der Waals surface area contributed by atoms with Crippen LogP contribution in [0.25, 0.3) is 11.0 Å². The van der Waals surface area contributed by atoms with Crippen LogP contribution in [-0.4, -0.2) is 20.8 Å². The van der Waals surface area contributed by atoms with Crippen molar-refractivity contribution in [3.63, 3.8) is 0 Å². The molecule has 0 aromatic carbocycles. The van der Waals surface area contributed by atoms with Crippen LogP contribution in [0.3, 0.4) is 0 Å². The Bertz CT molecular complexity index is 520. The van der Waals surface area contributed by atoms with Crippen LogP contribution in [0.1, 0.15) is 32.2 Å². The van der Waals surface area contributed by atoms with Crippen molar-refractivity contribution in [2.24, 2.45) is 5.92 Å². The highest BCUT2D eigenvalue weighted by Crippen LogP contribution is 2.34. The summed E-state index contributed by atoms with van der Waals surface area (Å²) >= 11 is 0. The van der Waals surface area contributed by atoms with E-state index in [2.05, 4.69) is 28.7 Å². The van der Waals surface area contributed by atoms with Gasteiger partial charge in [-0.25, -0.2) is 0 Å². The summed E-state index contributed by atoms with van der Waals surface area (Å²) in [7, 11) is 0. The Labute approximate surface area is 101 Å². The van der Waals surface area contributed by atoms with Crippen molar-refractivity contribution < 1.29 is 5.11 Å². The third kappa shape index (κ3) is 1.84. The molecule has 2 heterocycles. The van der Waals surface area contributed by atoms with Crippen molar-refractivity contribution in [2.45, 2.75) is 38.3 Å². The molecule has 0 saturated heterocycles. The third-order valence-corrected chi connectivity index (χ3v) is 3.89. The van der Waals surface area contributed by atoms with Crippen molar-refractivity contribution in [1.29, 1.82) is 0 Å². The van der Waals surface area contributed by atoms with Crippen molar-refractivity contribution in [2.75, 3.05) is 0 Å². The van der Waals surface area contributed by atoms with Crippen molar-refractivity contribution >= 4 is 11.0 Å². The highest BCUT2D eigenvalue weighted by Gasteiger charge is 2.28. The molecule has 17 heavy (non-hydrogen) atoms. The molecule has 0 radical (unpaired) electrons. The van der Waals surface area contributed by atoms with E-state index < -0.39 is 0 Å². The lowest BCUT2D eigenvalue weighted by atomic mass is 9.85. The molecule has 3 rings (SSSR count). The predicted molar refractivity (Wildman–Crippen MR) is 67.8 cm³/mol. The maximum absolute atomic E-state index is 10.2. The number of rotatable bonds is 1. The summed E-state index contributed by atoms with van der Waals surface area (Å²) in [6, 6.07) is 6.28. The Hall–Kier alpha value is -1.35. The summed E-state index contributed by atoms with van der Waals surface area (Å²) in [6.07, 6.45) is 6.80. The maximum atomic E-state index is 10.2. The van der Waals surface area contributed by atoms with E-state index in [9.17, 15) is 5.11 Å². The van der Waals surface area contributed by atoms with Crippen LogP contribution < -0.4 is 0 Å². The Morgan fingerprint density at radius 3 is 3.06 bits per heavy atom. The van der Waals surface area contributed by atoms with Gasteiger partial charge in [-0.3, -0.25) is 4.98 Å². The Morgan fingerprint density at radius 2 is 2.24 bits per heavy atom. The highest BCUT2D eigenvalue weighted by molar-refractivity contribution is 5.75. The van der Waals surface area contributed by atoms with E-state index in [0.29, 0.717) is 5.92 Å². The minimum Gasteiger partial charge on any atom is -0.391 e. The fourth-order valence-corrected chi connectivity index (χ4v) is 2.94. The van der Waals surface area contributed by atoms with Gasteiger partial charge >= 0.3 is 0 Å². The average molecular weight is 230 g/mol. The van der Waals surface area contributed by atoms with Crippen LogP contribution in [0, 0.1) is 5.92 Å². The van der Waals surface area contributed by atoms with Crippen LogP contribution in [-0.2, 0) is 0 Å². The molecule has 1 fully saturated rings. The van der Waals surface area contributed by atoms with Gasteiger partial charge in [0.1, 0.15) is 0 Å². The van der Waals surface area contributed by atoms with E-state index in [1.165, 1.54) is 6.42 Å². The first-order valence-corrected chi connectivity index (χ1v) is 6.35. The fourth-order valence-electron chi connectivity index (χ4n) is 2.94. The molecular formula is C14H18N2O. The van der Waals surface area contributed by atoms with Crippen LogP contribution in [0.4, 0.5) is 0 Å². The van der Waals surface area contributed by atoms with E-state index >= 15 is 0 Å². The van der Waals surface area contributed by atoms with Crippen LogP contribution >= 0.6 is 0 Å². The van der Waals surface area contributed by atoms with Gasteiger partial charge in [0.15, 0.2) is 0 Å². The molecule has 0 spiro atoms. The minimum atomic E-state index is -0.227. The standard InChI is InChI=1S/C14H18N2O/c1-10-4-5-13(14(17)9-10)16-8-6-11-12(16)3-2-7-15-11/h2-3,6-8,10,13-14,17H,4-5,9H2,1H3/t10-,13-,14-/m1/s1. The van der Waals surface area contributed by atoms with Crippen LogP contribution in [0.2, 0.25) is 0 Å². The number of pyridine rings is 1. The SMILES string of the molecule is C[C@@H]1CC[C@@H](n2ccc3ncccc32)[C@H](O)C1.